The van der Waals surface area contributed by atoms with Crippen LogP contribution in [0, 0.1) is 11.6 Å². The highest BCUT2D eigenvalue weighted by molar-refractivity contribution is 7.92. The molecule has 3 nitrogen and oxygen atoms in total. The Morgan fingerprint density at radius 1 is 1.10 bits per heavy atom. The van der Waals surface area contributed by atoms with Gasteiger partial charge in [-0.25, -0.2) is 17.2 Å². The molecule has 0 atom stereocenters. The first-order chi connectivity index (χ1) is 9.81. The van der Waals surface area contributed by atoms with Gasteiger partial charge in [-0.1, -0.05) is 23.7 Å². The van der Waals surface area contributed by atoms with Gasteiger partial charge in [0.05, 0.1) is 15.5 Å². The molecule has 0 aliphatic heterocycles. The molecule has 21 heavy (non-hydrogen) atoms. The molecule has 2 aromatic carbocycles. The van der Waals surface area contributed by atoms with E-state index in [1.165, 1.54) is 18.2 Å². The summed E-state index contributed by atoms with van der Waals surface area (Å²) in [6.45, 7) is 0. The number of carbonyl (C=O) groups excluding carboxylic acids is 1. The minimum Gasteiger partial charge on any atom is -0.293 e. The van der Waals surface area contributed by atoms with Crippen LogP contribution in [-0.2, 0) is 9.84 Å². The Labute approximate surface area is 125 Å². The van der Waals surface area contributed by atoms with Gasteiger partial charge in [0.15, 0.2) is 15.6 Å². The van der Waals surface area contributed by atoms with Gasteiger partial charge >= 0.3 is 0 Å². The van der Waals surface area contributed by atoms with Crippen molar-refractivity contribution in [1.29, 1.82) is 0 Å². The summed E-state index contributed by atoms with van der Waals surface area (Å²) in [6.07, 6.45) is 0. The second-order valence-corrected chi connectivity index (χ2v) is 6.60. The van der Waals surface area contributed by atoms with E-state index in [4.69, 9.17) is 11.6 Å². The molecule has 0 aliphatic rings. The van der Waals surface area contributed by atoms with Gasteiger partial charge < -0.3 is 0 Å². The van der Waals surface area contributed by atoms with Gasteiger partial charge in [-0.2, -0.15) is 0 Å². The molecular formula is C14H9ClF2O3S. The van der Waals surface area contributed by atoms with E-state index in [2.05, 4.69) is 0 Å². The van der Waals surface area contributed by atoms with E-state index < -0.39 is 38.6 Å². The van der Waals surface area contributed by atoms with Crippen LogP contribution < -0.4 is 0 Å². The summed E-state index contributed by atoms with van der Waals surface area (Å²) in [5, 5.41) is -0.0233. The van der Waals surface area contributed by atoms with E-state index >= 15 is 0 Å². The van der Waals surface area contributed by atoms with Gasteiger partial charge in [-0.15, -0.1) is 0 Å². The number of benzene rings is 2. The molecule has 0 radical (unpaired) electrons. The Balaban J connectivity index is 2.33. The van der Waals surface area contributed by atoms with E-state index in [1.54, 1.807) is 6.07 Å². The average molecular weight is 331 g/mol. The Kier molecular flexibility index (Phi) is 4.39. The quantitative estimate of drug-likeness (QED) is 0.808. The molecule has 110 valence electrons. The van der Waals surface area contributed by atoms with Crippen molar-refractivity contribution in [2.24, 2.45) is 0 Å². The fourth-order valence-corrected chi connectivity index (χ4v) is 3.54. The fraction of sp³-hybridized carbons (Fsp3) is 0.0714. The van der Waals surface area contributed by atoms with Crippen molar-refractivity contribution in [3.63, 3.8) is 0 Å². The molecule has 0 fully saturated rings. The Morgan fingerprint density at radius 2 is 1.76 bits per heavy atom. The number of carbonyl (C=O) groups is 1. The van der Waals surface area contributed by atoms with E-state index in [0.29, 0.717) is 6.07 Å². The highest BCUT2D eigenvalue weighted by atomic mass is 35.5. The smallest absolute Gasteiger partial charge is 0.187 e. The average Bonchev–Trinajstić information content (AvgIpc) is 2.38. The highest BCUT2D eigenvalue weighted by Gasteiger charge is 2.24. The number of hydrogen-bond donors (Lipinski definition) is 0. The van der Waals surface area contributed by atoms with Crippen molar-refractivity contribution < 1.29 is 22.0 Å². The summed E-state index contributed by atoms with van der Waals surface area (Å²) in [7, 11) is -4.01. The zero-order chi connectivity index (χ0) is 15.6. The molecule has 0 aliphatic carbocycles. The lowest BCUT2D eigenvalue weighted by Gasteiger charge is -2.06. The molecule has 0 bridgehead atoms. The van der Waals surface area contributed by atoms with Gasteiger partial charge in [-0.3, -0.25) is 4.79 Å². The Morgan fingerprint density at radius 3 is 2.38 bits per heavy atom. The van der Waals surface area contributed by atoms with Crippen molar-refractivity contribution >= 4 is 27.2 Å². The number of hydrogen-bond acceptors (Lipinski definition) is 3. The normalized spacial score (nSPS) is 11.4. The first-order valence-corrected chi connectivity index (χ1v) is 7.80. The van der Waals surface area contributed by atoms with Gasteiger partial charge in [0.1, 0.15) is 17.4 Å². The van der Waals surface area contributed by atoms with Crippen LogP contribution in [0.25, 0.3) is 0 Å². The first-order valence-electron chi connectivity index (χ1n) is 5.77. The fourth-order valence-electron chi connectivity index (χ4n) is 1.74. The van der Waals surface area contributed by atoms with E-state index in [1.807, 2.05) is 0 Å². The Hall–Kier alpha value is -1.79. The molecule has 0 heterocycles. The van der Waals surface area contributed by atoms with Crippen molar-refractivity contribution in [2.45, 2.75) is 4.90 Å². The maximum atomic E-state index is 13.5. The van der Waals surface area contributed by atoms with Crippen LogP contribution in [0.5, 0.6) is 0 Å². The highest BCUT2D eigenvalue weighted by Crippen LogP contribution is 2.22. The van der Waals surface area contributed by atoms with Crippen LogP contribution in [0.15, 0.2) is 47.4 Å². The van der Waals surface area contributed by atoms with Crippen LogP contribution in [0.3, 0.4) is 0 Å². The third-order valence-electron chi connectivity index (χ3n) is 2.72. The number of halogens is 3. The number of Topliss-reactive ketones (excluding diaryl/α,β-unsaturated/α-hetero) is 1. The van der Waals surface area contributed by atoms with Crippen molar-refractivity contribution in [3.05, 3.63) is 64.7 Å². The molecule has 2 rings (SSSR count). The van der Waals surface area contributed by atoms with Crippen LogP contribution in [0.1, 0.15) is 10.4 Å². The van der Waals surface area contributed by atoms with Crippen LogP contribution >= 0.6 is 11.6 Å². The zero-order valence-electron chi connectivity index (χ0n) is 10.5. The lowest BCUT2D eigenvalue weighted by molar-refractivity contribution is 0.101. The minimum atomic E-state index is -4.01. The molecule has 0 amide bonds. The second-order valence-electron chi connectivity index (χ2n) is 4.24. The monoisotopic (exact) mass is 330 g/mol. The number of sulfone groups is 1. The minimum absolute atomic E-state index is 0.0233. The largest absolute Gasteiger partial charge is 0.293 e. The zero-order valence-corrected chi connectivity index (χ0v) is 12.1. The molecule has 2 aromatic rings. The summed E-state index contributed by atoms with van der Waals surface area (Å²) in [4.78, 5) is 11.7. The van der Waals surface area contributed by atoms with E-state index in [-0.39, 0.29) is 9.92 Å². The summed E-state index contributed by atoms with van der Waals surface area (Å²) >= 11 is 5.78. The molecule has 0 saturated heterocycles. The second kappa shape index (κ2) is 5.91. The predicted molar refractivity (Wildman–Crippen MR) is 74.2 cm³/mol. The summed E-state index contributed by atoms with van der Waals surface area (Å²) < 4.78 is 50.5. The maximum absolute atomic E-state index is 13.5. The van der Waals surface area contributed by atoms with Crippen molar-refractivity contribution in [1.82, 2.24) is 0 Å². The molecule has 7 heteroatoms. The van der Waals surface area contributed by atoms with Gasteiger partial charge in [0.2, 0.25) is 0 Å². The summed E-state index contributed by atoms with van der Waals surface area (Å²) in [5.74, 6) is -3.86. The van der Waals surface area contributed by atoms with Crippen molar-refractivity contribution in [3.8, 4) is 0 Å². The van der Waals surface area contributed by atoms with Gasteiger partial charge in [0, 0.05) is 6.07 Å². The predicted octanol–water partition coefficient (Wildman–Crippen LogP) is 3.27. The van der Waals surface area contributed by atoms with Gasteiger partial charge in [-0.05, 0) is 24.3 Å². The Bertz CT molecular complexity index is 804. The molecule has 0 unspecified atom stereocenters. The topological polar surface area (TPSA) is 51.2 Å². The SMILES string of the molecule is O=C(CS(=O)(=O)c1ccccc1Cl)c1ccc(F)cc1F. The third-order valence-corrected chi connectivity index (χ3v) is 4.83. The molecule has 0 N–H and O–H groups in total. The molecule has 0 saturated carbocycles. The lowest BCUT2D eigenvalue weighted by Crippen LogP contribution is -2.18. The first kappa shape index (κ1) is 15.6. The maximum Gasteiger partial charge on any atom is 0.187 e. The molecule has 0 aromatic heterocycles. The van der Waals surface area contributed by atoms with Crippen LogP contribution in [-0.4, -0.2) is 20.0 Å². The van der Waals surface area contributed by atoms with Crippen LogP contribution in [0.4, 0.5) is 8.78 Å². The molecule has 0 spiro atoms. The van der Waals surface area contributed by atoms with Gasteiger partial charge in [0.25, 0.3) is 0 Å². The van der Waals surface area contributed by atoms with Crippen LogP contribution in [0.2, 0.25) is 5.02 Å². The lowest BCUT2D eigenvalue weighted by atomic mass is 10.1. The molecular weight excluding hydrogens is 322 g/mol. The number of ketones is 1. The third kappa shape index (κ3) is 3.46. The van der Waals surface area contributed by atoms with Crippen molar-refractivity contribution in [2.75, 3.05) is 5.75 Å². The summed E-state index contributed by atoms with van der Waals surface area (Å²) in [5.41, 5.74) is -0.480. The van der Waals surface area contributed by atoms with E-state index in [0.717, 1.165) is 12.1 Å². The summed E-state index contributed by atoms with van der Waals surface area (Å²) in [6, 6.07) is 7.96. The standard InChI is InChI=1S/C14H9ClF2O3S/c15-11-3-1-2-4-14(11)21(19,20)8-13(18)10-6-5-9(16)7-12(10)17/h1-7H,8H2. The van der Waals surface area contributed by atoms with E-state index in [9.17, 15) is 22.0 Å². The number of rotatable bonds is 4.